The lowest BCUT2D eigenvalue weighted by molar-refractivity contribution is 0.463. The van der Waals surface area contributed by atoms with Crippen LogP contribution in [0.25, 0.3) is 0 Å². The summed E-state index contributed by atoms with van der Waals surface area (Å²) in [6, 6.07) is 7.00. The zero-order chi connectivity index (χ0) is 13.2. The maximum absolute atomic E-state index is 3.28. The molecular weight excluding hydrogens is 220 g/mol. The van der Waals surface area contributed by atoms with E-state index < -0.39 is 0 Å². The predicted octanol–water partition coefficient (Wildman–Crippen LogP) is 3.00. The Hall–Kier alpha value is -1.02. The van der Waals surface area contributed by atoms with Crippen LogP contribution >= 0.6 is 0 Å². The second-order valence-electron chi connectivity index (χ2n) is 6.06. The van der Waals surface area contributed by atoms with Gasteiger partial charge in [0.15, 0.2) is 0 Å². The molecule has 1 N–H and O–H groups in total. The van der Waals surface area contributed by atoms with Crippen molar-refractivity contribution in [3.05, 3.63) is 29.3 Å². The third kappa shape index (κ3) is 2.69. The van der Waals surface area contributed by atoms with Gasteiger partial charge in [-0.1, -0.05) is 6.07 Å². The highest BCUT2D eigenvalue weighted by Gasteiger charge is 2.23. The lowest BCUT2D eigenvalue weighted by Crippen LogP contribution is -2.48. The van der Waals surface area contributed by atoms with Crippen molar-refractivity contribution in [2.24, 2.45) is 0 Å². The Morgan fingerprint density at radius 2 is 1.83 bits per heavy atom. The highest BCUT2D eigenvalue weighted by Crippen LogP contribution is 2.28. The first-order valence-electron chi connectivity index (χ1n) is 7.05. The van der Waals surface area contributed by atoms with Crippen LogP contribution in [-0.4, -0.2) is 26.2 Å². The van der Waals surface area contributed by atoms with E-state index in [2.05, 4.69) is 49.3 Å². The lowest BCUT2D eigenvalue weighted by atomic mass is 9.91. The average Bonchev–Trinajstić information content (AvgIpc) is 2.37. The number of rotatable bonds is 4. The summed E-state index contributed by atoms with van der Waals surface area (Å²) in [6.07, 6.45) is 5.22. The number of nitrogens with one attached hydrogen (secondary N) is 1. The zero-order valence-electron chi connectivity index (χ0n) is 12.2. The molecule has 0 heterocycles. The predicted molar refractivity (Wildman–Crippen MR) is 79.5 cm³/mol. The van der Waals surface area contributed by atoms with Crippen LogP contribution in [-0.2, 0) is 12.8 Å². The van der Waals surface area contributed by atoms with Crippen LogP contribution in [0.3, 0.4) is 0 Å². The third-order valence-electron chi connectivity index (χ3n) is 4.24. The minimum Gasteiger partial charge on any atom is -0.368 e. The molecular formula is C16H26N2. The Labute approximate surface area is 111 Å². The van der Waals surface area contributed by atoms with Crippen molar-refractivity contribution in [1.29, 1.82) is 0 Å². The highest BCUT2D eigenvalue weighted by atomic mass is 15.2. The molecule has 0 fully saturated rings. The van der Waals surface area contributed by atoms with Gasteiger partial charge in [0.1, 0.15) is 0 Å². The van der Waals surface area contributed by atoms with E-state index in [9.17, 15) is 0 Å². The molecule has 0 radical (unpaired) electrons. The Bertz CT molecular complexity index is 410. The molecule has 0 aliphatic heterocycles. The maximum atomic E-state index is 3.28. The van der Waals surface area contributed by atoms with Crippen molar-refractivity contribution in [3.8, 4) is 0 Å². The van der Waals surface area contributed by atoms with Crippen molar-refractivity contribution >= 4 is 5.69 Å². The van der Waals surface area contributed by atoms with Crippen molar-refractivity contribution in [2.75, 3.05) is 25.5 Å². The molecule has 0 spiro atoms. The number of anilines is 1. The van der Waals surface area contributed by atoms with Crippen LogP contribution < -0.4 is 10.2 Å². The summed E-state index contributed by atoms with van der Waals surface area (Å²) in [5.74, 6) is 0. The smallest absolute Gasteiger partial charge is 0.0466 e. The van der Waals surface area contributed by atoms with Gasteiger partial charge in [-0.25, -0.2) is 0 Å². The summed E-state index contributed by atoms with van der Waals surface area (Å²) in [7, 11) is 4.21. The van der Waals surface area contributed by atoms with E-state index in [4.69, 9.17) is 0 Å². The van der Waals surface area contributed by atoms with E-state index in [-0.39, 0.29) is 5.54 Å². The van der Waals surface area contributed by atoms with Gasteiger partial charge >= 0.3 is 0 Å². The molecule has 1 aromatic rings. The fourth-order valence-electron chi connectivity index (χ4n) is 2.83. The second-order valence-corrected chi connectivity index (χ2v) is 6.06. The highest BCUT2D eigenvalue weighted by molar-refractivity contribution is 5.53. The molecule has 2 rings (SSSR count). The number of hydrogen-bond acceptors (Lipinski definition) is 2. The summed E-state index contributed by atoms with van der Waals surface area (Å²) in [5.41, 5.74) is 4.60. The van der Waals surface area contributed by atoms with E-state index in [1.54, 1.807) is 11.1 Å². The lowest BCUT2D eigenvalue weighted by Gasteiger charge is -2.38. The molecule has 2 nitrogen and oxygen atoms in total. The molecule has 0 saturated carbocycles. The largest absolute Gasteiger partial charge is 0.368 e. The molecule has 0 atom stereocenters. The van der Waals surface area contributed by atoms with E-state index in [1.165, 1.54) is 31.4 Å². The maximum Gasteiger partial charge on any atom is 0.0466 e. The average molecular weight is 246 g/mol. The summed E-state index contributed by atoms with van der Waals surface area (Å²) in [4.78, 5) is 2.39. The van der Waals surface area contributed by atoms with Crippen molar-refractivity contribution in [1.82, 2.24) is 5.32 Å². The van der Waals surface area contributed by atoms with Crippen LogP contribution in [0.5, 0.6) is 0 Å². The molecule has 0 aromatic heterocycles. The Kier molecular flexibility index (Phi) is 3.96. The summed E-state index contributed by atoms with van der Waals surface area (Å²) in [5, 5.41) is 3.28. The Morgan fingerprint density at radius 1 is 1.17 bits per heavy atom. The Morgan fingerprint density at radius 3 is 2.50 bits per heavy atom. The molecule has 0 amide bonds. The first-order valence-corrected chi connectivity index (χ1v) is 7.05. The monoisotopic (exact) mass is 246 g/mol. The molecule has 100 valence electrons. The molecule has 0 unspecified atom stereocenters. The molecule has 2 heteroatoms. The zero-order valence-corrected chi connectivity index (χ0v) is 12.2. The van der Waals surface area contributed by atoms with Gasteiger partial charge in [0.25, 0.3) is 0 Å². The normalized spacial score (nSPS) is 15.3. The van der Waals surface area contributed by atoms with Gasteiger partial charge in [0.05, 0.1) is 0 Å². The minimum atomic E-state index is 0.137. The number of benzene rings is 1. The van der Waals surface area contributed by atoms with E-state index in [1.807, 2.05) is 7.05 Å². The van der Waals surface area contributed by atoms with Crippen molar-refractivity contribution < 1.29 is 0 Å². The standard InChI is InChI=1S/C16H26N2/c1-16(2,12-17-3)18(4)15-10-9-13-7-5-6-8-14(13)11-15/h9-11,17H,5-8,12H2,1-4H3. The number of aryl methyl sites for hydroxylation is 2. The summed E-state index contributed by atoms with van der Waals surface area (Å²) in [6.45, 7) is 5.55. The van der Waals surface area contributed by atoms with Gasteiger partial charge in [0.2, 0.25) is 0 Å². The number of hydrogen-bond donors (Lipinski definition) is 1. The molecule has 1 aliphatic rings. The SMILES string of the molecule is CNCC(C)(C)N(C)c1ccc2c(c1)CCCC2. The van der Waals surface area contributed by atoms with Gasteiger partial charge in [-0.2, -0.15) is 0 Å². The van der Waals surface area contributed by atoms with E-state index >= 15 is 0 Å². The third-order valence-corrected chi connectivity index (χ3v) is 4.24. The van der Waals surface area contributed by atoms with Crippen LogP contribution in [0.4, 0.5) is 5.69 Å². The molecule has 0 bridgehead atoms. The van der Waals surface area contributed by atoms with Crippen LogP contribution in [0.2, 0.25) is 0 Å². The Balaban J connectivity index is 2.23. The van der Waals surface area contributed by atoms with Gasteiger partial charge < -0.3 is 10.2 Å². The number of likely N-dealkylation sites (N-methyl/N-ethyl adjacent to an activating group) is 2. The summed E-state index contributed by atoms with van der Waals surface area (Å²) < 4.78 is 0. The van der Waals surface area contributed by atoms with Crippen LogP contribution in [0.15, 0.2) is 18.2 Å². The first kappa shape index (κ1) is 13.4. The topological polar surface area (TPSA) is 15.3 Å². The van der Waals surface area contributed by atoms with E-state index in [0.29, 0.717) is 0 Å². The van der Waals surface area contributed by atoms with Gasteiger partial charge in [0, 0.05) is 24.8 Å². The minimum absolute atomic E-state index is 0.137. The van der Waals surface area contributed by atoms with Gasteiger partial charge in [-0.15, -0.1) is 0 Å². The fraction of sp³-hybridized carbons (Fsp3) is 0.625. The molecule has 1 aliphatic carbocycles. The van der Waals surface area contributed by atoms with Crippen LogP contribution in [0.1, 0.15) is 37.8 Å². The molecule has 18 heavy (non-hydrogen) atoms. The van der Waals surface area contributed by atoms with Gasteiger partial charge in [-0.05, 0) is 69.8 Å². The number of nitrogens with zero attached hydrogens (tertiary/aromatic N) is 1. The summed E-state index contributed by atoms with van der Waals surface area (Å²) >= 11 is 0. The van der Waals surface area contributed by atoms with Crippen LogP contribution in [0, 0.1) is 0 Å². The fourth-order valence-corrected chi connectivity index (χ4v) is 2.83. The van der Waals surface area contributed by atoms with E-state index in [0.717, 1.165) is 6.54 Å². The first-order chi connectivity index (χ1) is 8.54. The van der Waals surface area contributed by atoms with Crippen molar-refractivity contribution in [2.45, 2.75) is 45.1 Å². The van der Waals surface area contributed by atoms with Gasteiger partial charge in [-0.3, -0.25) is 0 Å². The second kappa shape index (κ2) is 5.31. The molecule has 0 saturated heterocycles. The van der Waals surface area contributed by atoms with Crippen molar-refractivity contribution in [3.63, 3.8) is 0 Å². The molecule has 1 aromatic carbocycles. The quantitative estimate of drug-likeness (QED) is 0.878. The number of fused-ring (bicyclic) bond motifs is 1.